The zero-order valence-corrected chi connectivity index (χ0v) is 11.8. The monoisotopic (exact) mass is 275 g/mol. The molecule has 0 aromatic carbocycles. The molecule has 2 aliphatic rings. The molecule has 1 amide bonds. The molecule has 1 saturated carbocycles. The van der Waals surface area contributed by atoms with Gasteiger partial charge in [-0.1, -0.05) is 0 Å². The van der Waals surface area contributed by atoms with Crippen molar-refractivity contribution in [3.63, 3.8) is 0 Å². The lowest BCUT2D eigenvalue weighted by Crippen LogP contribution is -2.53. The van der Waals surface area contributed by atoms with E-state index in [2.05, 4.69) is 15.1 Å². The first kappa shape index (κ1) is 13.3. The highest BCUT2D eigenvalue weighted by Crippen LogP contribution is 2.35. The third kappa shape index (κ3) is 2.47. The predicted molar refractivity (Wildman–Crippen MR) is 76.2 cm³/mol. The normalized spacial score (nSPS) is 24.3. The van der Waals surface area contributed by atoms with Gasteiger partial charge in [0.15, 0.2) is 5.82 Å². The van der Waals surface area contributed by atoms with E-state index in [1.54, 1.807) is 6.20 Å². The van der Waals surface area contributed by atoms with Gasteiger partial charge in [0.25, 0.3) is 0 Å². The number of likely N-dealkylation sites (N-methyl/N-ethyl adjacent to an activating group) is 1. The standard InChI is InChI=1S/C14H21N5O/c1-18(13(20)14(15)6-7-14)11-4-3-9-19(10-11)12-5-2-8-16-17-12/h2,5,8,11H,3-4,6-7,9-10,15H2,1H3. The van der Waals surface area contributed by atoms with E-state index in [4.69, 9.17) is 5.73 Å². The lowest BCUT2D eigenvalue weighted by atomic mass is 10.0. The lowest BCUT2D eigenvalue weighted by molar-refractivity contribution is -0.134. The van der Waals surface area contributed by atoms with Crippen LogP contribution in [0.15, 0.2) is 18.3 Å². The maximum atomic E-state index is 12.3. The van der Waals surface area contributed by atoms with Crippen LogP contribution in [0.3, 0.4) is 0 Å². The number of amides is 1. The molecule has 0 bridgehead atoms. The van der Waals surface area contributed by atoms with Gasteiger partial charge in [0, 0.05) is 32.4 Å². The zero-order chi connectivity index (χ0) is 14.2. The predicted octanol–water partition coefficient (Wildman–Crippen LogP) is 0.395. The Balaban J connectivity index is 1.67. The Morgan fingerprint density at radius 3 is 3.00 bits per heavy atom. The van der Waals surface area contributed by atoms with E-state index in [0.29, 0.717) is 0 Å². The van der Waals surface area contributed by atoms with Crippen LogP contribution >= 0.6 is 0 Å². The van der Waals surface area contributed by atoms with E-state index < -0.39 is 5.54 Å². The topological polar surface area (TPSA) is 75.3 Å². The third-order valence-corrected chi connectivity index (χ3v) is 4.36. The second-order valence-electron chi connectivity index (χ2n) is 5.90. The second-order valence-corrected chi connectivity index (χ2v) is 5.90. The third-order valence-electron chi connectivity index (χ3n) is 4.36. The van der Waals surface area contributed by atoms with Gasteiger partial charge >= 0.3 is 0 Å². The van der Waals surface area contributed by atoms with E-state index in [1.807, 2.05) is 24.1 Å². The van der Waals surface area contributed by atoms with Crippen LogP contribution in [0.4, 0.5) is 5.82 Å². The summed E-state index contributed by atoms with van der Waals surface area (Å²) in [5.41, 5.74) is 5.44. The molecule has 6 nitrogen and oxygen atoms in total. The number of aromatic nitrogens is 2. The summed E-state index contributed by atoms with van der Waals surface area (Å²) in [5.74, 6) is 0.968. The number of hydrogen-bond acceptors (Lipinski definition) is 5. The first-order valence-corrected chi connectivity index (χ1v) is 7.19. The van der Waals surface area contributed by atoms with E-state index in [9.17, 15) is 4.79 Å². The smallest absolute Gasteiger partial charge is 0.242 e. The molecule has 108 valence electrons. The Labute approximate surface area is 118 Å². The fourth-order valence-electron chi connectivity index (χ4n) is 2.81. The number of nitrogens with zero attached hydrogens (tertiary/aromatic N) is 4. The van der Waals surface area contributed by atoms with Crippen molar-refractivity contribution in [2.24, 2.45) is 5.73 Å². The Morgan fingerprint density at radius 1 is 1.55 bits per heavy atom. The summed E-state index contributed by atoms with van der Waals surface area (Å²) in [6, 6.07) is 4.06. The quantitative estimate of drug-likeness (QED) is 0.864. The van der Waals surface area contributed by atoms with Crippen LogP contribution in [-0.4, -0.2) is 52.7 Å². The summed E-state index contributed by atoms with van der Waals surface area (Å²) in [7, 11) is 1.88. The van der Waals surface area contributed by atoms with Crippen LogP contribution in [0.25, 0.3) is 0 Å². The number of rotatable bonds is 3. The van der Waals surface area contributed by atoms with Gasteiger partial charge in [-0.2, -0.15) is 5.10 Å². The van der Waals surface area contributed by atoms with Gasteiger partial charge in [0.05, 0.1) is 5.54 Å². The van der Waals surface area contributed by atoms with Crippen molar-refractivity contribution < 1.29 is 4.79 Å². The molecule has 1 aliphatic carbocycles. The summed E-state index contributed by atoms with van der Waals surface area (Å²) in [5, 5.41) is 8.07. The number of anilines is 1. The van der Waals surface area contributed by atoms with Gasteiger partial charge < -0.3 is 15.5 Å². The van der Waals surface area contributed by atoms with Crippen molar-refractivity contribution in [3.8, 4) is 0 Å². The highest BCUT2D eigenvalue weighted by Gasteiger charge is 2.48. The molecule has 1 saturated heterocycles. The van der Waals surface area contributed by atoms with E-state index in [-0.39, 0.29) is 11.9 Å². The maximum absolute atomic E-state index is 12.3. The molecule has 0 radical (unpaired) electrons. The molecule has 1 unspecified atom stereocenters. The Kier molecular flexibility index (Phi) is 3.33. The molecule has 2 N–H and O–H groups in total. The van der Waals surface area contributed by atoms with Crippen LogP contribution in [0.1, 0.15) is 25.7 Å². The fourth-order valence-corrected chi connectivity index (χ4v) is 2.81. The van der Waals surface area contributed by atoms with Crippen LogP contribution in [0.5, 0.6) is 0 Å². The number of carbonyl (C=O) groups excluding carboxylic acids is 1. The highest BCUT2D eigenvalue weighted by molar-refractivity contribution is 5.89. The summed E-state index contributed by atoms with van der Waals surface area (Å²) in [6.45, 7) is 1.77. The molecular weight excluding hydrogens is 254 g/mol. The number of nitrogens with two attached hydrogens (primary N) is 1. The summed E-state index contributed by atoms with van der Waals surface area (Å²) >= 11 is 0. The number of piperidine rings is 1. The van der Waals surface area contributed by atoms with Crippen molar-refractivity contribution in [2.45, 2.75) is 37.3 Å². The Bertz CT molecular complexity index is 488. The molecule has 1 aromatic rings. The Morgan fingerprint density at radius 2 is 2.35 bits per heavy atom. The summed E-state index contributed by atoms with van der Waals surface area (Å²) < 4.78 is 0. The van der Waals surface area contributed by atoms with Crippen molar-refractivity contribution in [1.82, 2.24) is 15.1 Å². The van der Waals surface area contributed by atoms with Crippen LogP contribution in [0, 0.1) is 0 Å². The average Bonchev–Trinajstić information content (AvgIpc) is 3.26. The van der Waals surface area contributed by atoms with Gasteiger partial charge in [-0.25, -0.2) is 0 Å². The molecule has 1 atom stereocenters. The first-order valence-electron chi connectivity index (χ1n) is 7.19. The van der Waals surface area contributed by atoms with E-state index in [1.165, 1.54) is 0 Å². The molecule has 3 rings (SSSR count). The minimum absolute atomic E-state index is 0.0866. The fraction of sp³-hybridized carbons (Fsp3) is 0.643. The maximum Gasteiger partial charge on any atom is 0.242 e. The minimum Gasteiger partial charge on any atom is -0.353 e. The van der Waals surface area contributed by atoms with Crippen molar-refractivity contribution in [1.29, 1.82) is 0 Å². The number of carbonyl (C=O) groups is 1. The van der Waals surface area contributed by atoms with Crippen molar-refractivity contribution in [3.05, 3.63) is 18.3 Å². The zero-order valence-electron chi connectivity index (χ0n) is 11.8. The Hall–Kier alpha value is -1.69. The van der Waals surface area contributed by atoms with Gasteiger partial charge in [-0.15, -0.1) is 5.10 Å². The largest absolute Gasteiger partial charge is 0.353 e. The van der Waals surface area contributed by atoms with Gasteiger partial charge in [-0.05, 0) is 37.8 Å². The average molecular weight is 275 g/mol. The number of hydrogen-bond donors (Lipinski definition) is 1. The van der Waals surface area contributed by atoms with Crippen LogP contribution < -0.4 is 10.6 Å². The highest BCUT2D eigenvalue weighted by atomic mass is 16.2. The molecule has 1 aliphatic heterocycles. The molecule has 1 aromatic heterocycles. The van der Waals surface area contributed by atoms with Crippen molar-refractivity contribution in [2.75, 3.05) is 25.0 Å². The molecule has 20 heavy (non-hydrogen) atoms. The second kappa shape index (κ2) is 5.01. The summed E-state index contributed by atoms with van der Waals surface area (Å²) in [4.78, 5) is 16.4. The SMILES string of the molecule is CN(C(=O)C1(N)CC1)C1CCCN(c2cccnn2)C1. The molecule has 2 fully saturated rings. The van der Waals surface area contributed by atoms with Crippen molar-refractivity contribution >= 4 is 11.7 Å². The molecule has 0 spiro atoms. The van der Waals surface area contributed by atoms with Gasteiger partial charge in [0.2, 0.25) is 5.91 Å². The molecule has 2 heterocycles. The van der Waals surface area contributed by atoms with E-state index in [0.717, 1.165) is 44.6 Å². The lowest BCUT2D eigenvalue weighted by Gasteiger charge is -2.38. The van der Waals surface area contributed by atoms with Gasteiger partial charge in [-0.3, -0.25) is 4.79 Å². The van der Waals surface area contributed by atoms with Gasteiger partial charge in [0.1, 0.15) is 0 Å². The minimum atomic E-state index is -0.580. The molecular formula is C14H21N5O. The molecule has 6 heteroatoms. The summed E-state index contributed by atoms with van der Waals surface area (Å²) in [6.07, 6.45) is 5.38. The first-order chi connectivity index (χ1) is 9.60. The van der Waals surface area contributed by atoms with E-state index >= 15 is 0 Å². The van der Waals surface area contributed by atoms with Crippen LogP contribution in [-0.2, 0) is 4.79 Å². The van der Waals surface area contributed by atoms with Crippen LogP contribution in [0.2, 0.25) is 0 Å².